The Morgan fingerprint density at radius 1 is 1.39 bits per heavy atom. The van der Waals surface area contributed by atoms with Crippen molar-refractivity contribution in [2.24, 2.45) is 0 Å². The van der Waals surface area contributed by atoms with Crippen LogP contribution in [0.3, 0.4) is 0 Å². The molecule has 0 fully saturated rings. The van der Waals surface area contributed by atoms with Crippen molar-refractivity contribution in [1.82, 2.24) is 5.16 Å². The number of anilines is 2. The van der Waals surface area contributed by atoms with Crippen LogP contribution in [-0.4, -0.2) is 23.5 Å². The highest BCUT2D eigenvalue weighted by Gasteiger charge is 2.44. The van der Waals surface area contributed by atoms with Crippen molar-refractivity contribution in [3.63, 3.8) is 0 Å². The minimum Gasteiger partial charge on any atom is -0.360 e. The lowest BCUT2D eigenvalue weighted by Crippen LogP contribution is -2.40. The molecule has 0 saturated carbocycles. The van der Waals surface area contributed by atoms with Gasteiger partial charge in [-0.3, -0.25) is 9.59 Å². The number of halogens is 1. The molecule has 2 amide bonds. The normalized spacial score (nSPS) is 15.7. The van der Waals surface area contributed by atoms with Crippen LogP contribution in [0.25, 0.3) is 0 Å². The number of rotatable bonds is 3. The van der Waals surface area contributed by atoms with Gasteiger partial charge in [0.2, 0.25) is 11.8 Å². The van der Waals surface area contributed by atoms with E-state index in [-0.39, 0.29) is 18.4 Å². The van der Waals surface area contributed by atoms with Crippen molar-refractivity contribution in [2.45, 2.75) is 26.2 Å². The molecule has 1 aromatic heterocycles. The van der Waals surface area contributed by atoms with Gasteiger partial charge in [0.15, 0.2) is 5.82 Å². The number of hydrogen-bond acceptors (Lipinski definition) is 4. The van der Waals surface area contributed by atoms with Crippen LogP contribution in [0.2, 0.25) is 5.02 Å². The molecule has 0 atom stereocenters. The Balaban J connectivity index is 1.83. The standard InChI is InChI=1S/C16H16ClN3O3/c1-9-6-13(19-23-9)18-14(21)8-20-12-5-4-10(17)7-11(12)16(2,3)15(20)22/h4-7H,8H2,1-3H3,(H,18,19,21). The van der Waals surface area contributed by atoms with Gasteiger partial charge >= 0.3 is 0 Å². The smallest absolute Gasteiger partial charge is 0.245 e. The molecule has 0 aliphatic carbocycles. The summed E-state index contributed by atoms with van der Waals surface area (Å²) in [7, 11) is 0. The maximum Gasteiger partial charge on any atom is 0.245 e. The SMILES string of the molecule is Cc1cc(NC(=O)CN2C(=O)C(C)(C)c3cc(Cl)ccc32)no1. The maximum absolute atomic E-state index is 12.7. The summed E-state index contributed by atoms with van der Waals surface area (Å²) in [5, 5.41) is 6.89. The molecule has 0 radical (unpaired) electrons. The summed E-state index contributed by atoms with van der Waals surface area (Å²) in [5.41, 5.74) is 0.807. The Bertz CT molecular complexity index is 798. The van der Waals surface area contributed by atoms with E-state index >= 15 is 0 Å². The monoisotopic (exact) mass is 333 g/mol. The summed E-state index contributed by atoms with van der Waals surface area (Å²) in [6.45, 7) is 5.28. The molecule has 2 aromatic rings. The molecule has 0 bridgehead atoms. The first-order chi connectivity index (χ1) is 10.8. The van der Waals surface area contributed by atoms with E-state index in [1.165, 1.54) is 4.90 Å². The lowest BCUT2D eigenvalue weighted by atomic mass is 9.86. The fraction of sp³-hybridized carbons (Fsp3) is 0.312. The number of aromatic nitrogens is 1. The van der Waals surface area contributed by atoms with Crippen molar-refractivity contribution in [3.8, 4) is 0 Å². The van der Waals surface area contributed by atoms with Crippen molar-refractivity contribution in [1.29, 1.82) is 0 Å². The van der Waals surface area contributed by atoms with Crippen molar-refractivity contribution in [2.75, 3.05) is 16.8 Å². The number of hydrogen-bond donors (Lipinski definition) is 1. The van der Waals surface area contributed by atoms with Gasteiger partial charge in [-0.05, 0) is 44.5 Å². The summed E-state index contributed by atoms with van der Waals surface area (Å²) in [6, 6.07) is 6.86. The van der Waals surface area contributed by atoms with E-state index in [2.05, 4.69) is 10.5 Å². The van der Waals surface area contributed by atoms with E-state index in [4.69, 9.17) is 16.1 Å². The lowest BCUT2D eigenvalue weighted by molar-refractivity contribution is -0.124. The summed E-state index contributed by atoms with van der Waals surface area (Å²) in [6.07, 6.45) is 0. The third-order valence-electron chi connectivity index (χ3n) is 3.90. The van der Waals surface area contributed by atoms with Gasteiger partial charge in [0.1, 0.15) is 12.3 Å². The van der Waals surface area contributed by atoms with E-state index in [9.17, 15) is 9.59 Å². The van der Waals surface area contributed by atoms with Gasteiger partial charge in [-0.1, -0.05) is 16.8 Å². The van der Waals surface area contributed by atoms with E-state index in [1.54, 1.807) is 31.2 Å². The summed E-state index contributed by atoms with van der Waals surface area (Å²) < 4.78 is 4.90. The Morgan fingerprint density at radius 3 is 2.78 bits per heavy atom. The van der Waals surface area contributed by atoms with Crippen LogP contribution in [0.1, 0.15) is 25.2 Å². The molecular formula is C16H16ClN3O3. The van der Waals surface area contributed by atoms with Crippen LogP contribution in [0, 0.1) is 6.92 Å². The highest BCUT2D eigenvalue weighted by Crippen LogP contribution is 2.42. The molecule has 0 unspecified atom stereocenters. The zero-order chi connectivity index (χ0) is 16.8. The maximum atomic E-state index is 12.7. The van der Waals surface area contributed by atoms with Crippen molar-refractivity contribution in [3.05, 3.63) is 40.6 Å². The number of amides is 2. The zero-order valence-electron chi connectivity index (χ0n) is 13.0. The highest BCUT2D eigenvalue weighted by atomic mass is 35.5. The Hall–Kier alpha value is -2.34. The number of carbonyl (C=O) groups excluding carboxylic acids is 2. The topological polar surface area (TPSA) is 75.4 Å². The number of nitrogens with zero attached hydrogens (tertiary/aromatic N) is 2. The molecule has 6 nitrogen and oxygen atoms in total. The summed E-state index contributed by atoms with van der Waals surface area (Å²) >= 11 is 6.03. The first-order valence-corrected chi connectivity index (χ1v) is 7.52. The average Bonchev–Trinajstić information content (AvgIpc) is 2.95. The minimum absolute atomic E-state index is 0.0944. The third-order valence-corrected chi connectivity index (χ3v) is 4.13. The molecule has 0 saturated heterocycles. The van der Waals surface area contributed by atoms with Gasteiger partial charge in [-0.2, -0.15) is 0 Å². The summed E-state index contributed by atoms with van der Waals surface area (Å²) in [4.78, 5) is 26.3. The van der Waals surface area contributed by atoms with Crippen molar-refractivity contribution < 1.29 is 14.1 Å². The van der Waals surface area contributed by atoms with E-state index in [0.717, 1.165) is 5.56 Å². The van der Waals surface area contributed by atoms with Gasteiger partial charge < -0.3 is 14.7 Å². The Morgan fingerprint density at radius 2 is 2.13 bits per heavy atom. The molecule has 1 aromatic carbocycles. The molecule has 7 heteroatoms. The molecule has 1 N–H and O–H groups in total. The fourth-order valence-electron chi connectivity index (χ4n) is 2.71. The van der Waals surface area contributed by atoms with Crippen LogP contribution >= 0.6 is 11.6 Å². The highest BCUT2D eigenvalue weighted by molar-refractivity contribution is 6.31. The minimum atomic E-state index is -0.717. The zero-order valence-corrected chi connectivity index (χ0v) is 13.8. The van der Waals surface area contributed by atoms with E-state index < -0.39 is 5.41 Å². The van der Waals surface area contributed by atoms with Crippen LogP contribution in [0.15, 0.2) is 28.8 Å². The molecule has 23 heavy (non-hydrogen) atoms. The van der Waals surface area contributed by atoms with E-state index in [0.29, 0.717) is 22.3 Å². The fourth-order valence-corrected chi connectivity index (χ4v) is 2.89. The van der Waals surface area contributed by atoms with Crippen LogP contribution in [0.5, 0.6) is 0 Å². The van der Waals surface area contributed by atoms with Gasteiger partial charge in [-0.25, -0.2) is 0 Å². The largest absolute Gasteiger partial charge is 0.360 e. The first-order valence-electron chi connectivity index (χ1n) is 7.14. The van der Waals surface area contributed by atoms with Crippen LogP contribution in [0.4, 0.5) is 11.5 Å². The lowest BCUT2D eigenvalue weighted by Gasteiger charge is -2.19. The average molecular weight is 334 g/mol. The molecule has 1 aliphatic rings. The van der Waals surface area contributed by atoms with Crippen molar-refractivity contribution >= 4 is 34.9 Å². The molecule has 3 rings (SSSR count). The number of fused-ring (bicyclic) bond motifs is 1. The van der Waals surface area contributed by atoms with Crippen LogP contribution in [-0.2, 0) is 15.0 Å². The molecule has 1 aliphatic heterocycles. The van der Waals surface area contributed by atoms with Gasteiger partial charge in [-0.15, -0.1) is 0 Å². The number of carbonyl (C=O) groups is 2. The molecule has 120 valence electrons. The predicted molar refractivity (Wildman–Crippen MR) is 86.7 cm³/mol. The summed E-state index contributed by atoms with van der Waals surface area (Å²) in [5.74, 6) is 0.444. The second kappa shape index (κ2) is 5.38. The van der Waals surface area contributed by atoms with Gasteiger partial charge in [0, 0.05) is 16.8 Å². The van der Waals surface area contributed by atoms with Crippen LogP contribution < -0.4 is 10.2 Å². The number of nitrogens with one attached hydrogen (secondary N) is 1. The molecule has 2 heterocycles. The van der Waals surface area contributed by atoms with E-state index in [1.807, 2.05) is 13.8 Å². The van der Waals surface area contributed by atoms with Gasteiger partial charge in [0.05, 0.1) is 5.41 Å². The quantitative estimate of drug-likeness (QED) is 0.937. The third kappa shape index (κ3) is 2.70. The predicted octanol–water partition coefficient (Wildman–Crippen LogP) is 2.90. The molecule has 0 spiro atoms. The Kier molecular flexibility index (Phi) is 3.64. The Labute approximate surface area is 138 Å². The first kappa shape index (κ1) is 15.6. The number of benzene rings is 1. The van der Waals surface area contributed by atoms with Gasteiger partial charge in [0.25, 0.3) is 0 Å². The molecular weight excluding hydrogens is 318 g/mol. The second-order valence-electron chi connectivity index (χ2n) is 6.05. The second-order valence-corrected chi connectivity index (χ2v) is 6.49. The number of aryl methyl sites for hydroxylation is 1.